The van der Waals surface area contributed by atoms with Crippen molar-refractivity contribution < 1.29 is 38.1 Å². The van der Waals surface area contributed by atoms with Gasteiger partial charge in [0.2, 0.25) is 5.60 Å². The van der Waals surface area contributed by atoms with E-state index in [1.807, 2.05) is 0 Å². The number of hydrogen-bond donors (Lipinski definition) is 0. The summed E-state index contributed by atoms with van der Waals surface area (Å²) >= 11 is 0. The Labute approximate surface area is 141 Å². The van der Waals surface area contributed by atoms with E-state index in [1.54, 1.807) is 34.6 Å². The van der Waals surface area contributed by atoms with Gasteiger partial charge in [-0.05, 0) is 20.8 Å². The van der Waals surface area contributed by atoms with E-state index in [0.29, 0.717) is 0 Å². The summed E-state index contributed by atoms with van der Waals surface area (Å²) in [5.74, 6) is -3.86. The van der Waals surface area contributed by atoms with Gasteiger partial charge in [-0.2, -0.15) is 0 Å². The summed E-state index contributed by atoms with van der Waals surface area (Å²) in [6, 6.07) is 0. The van der Waals surface area contributed by atoms with Crippen LogP contribution in [0, 0.1) is 5.92 Å². The lowest BCUT2D eigenvalue weighted by molar-refractivity contribution is -0.192. The van der Waals surface area contributed by atoms with E-state index in [-0.39, 0.29) is 19.8 Å². The molecule has 0 bridgehead atoms. The summed E-state index contributed by atoms with van der Waals surface area (Å²) in [7, 11) is 0. The van der Waals surface area contributed by atoms with Crippen LogP contribution >= 0.6 is 0 Å². The van der Waals surface area contributed by atoms with Crippen molar-refractivity contribution in [3.63, 3.8) is 0 Å². The third-order valence-corrected chi connectivity index (χ3v) is 2.89. The second-order valence-corrected chi connectivity index (χ2v) is 5.25. The van der Waals surface area contributed by atoms with Crippen LogP contribution in [0.15, 0.2) is 0 Å². The summed E-state index contributed by atoms with van der Waals surface area (Å²) in [5.41, 5.74) is -2.10. The van der Waals surface area contributed by atoms with Crippen LogP contribution in [0.5, 0.6) is 0 Å². The minimum absolute atomic E-state index is 0.00847. The molecule has 0 rings (SSSR count). The van der Waals surface area contributed by atoms with Crippen LogP contribution in [0.3, 0.4) is 0 Å². The van der Waals surface area contributed by atoms with Crippen LogP contribution < -0.4 is 0 Å². The Morgan fingerprint density at radius 2 is 1.21 bits per heavy atom. The molecule has 0 aromatic rings. The van der Waals surface area contributed by atoms with Gasteiger partial charge in [0, 0.05) is 0 Å². The quantitative estimate of drug-likeness (QED) is 0.432. The minimum Gasteiger partial charge on any atom is -0.466 e. The Hall–Kier alpha value is -2.12. The van der Waals surface area contributed by atoms with Gasteiger partial charge < -0.3 is 18.9 Å². The molecule has 0 aromatic heterocycles. The molecule has 0 aliphatic heterocycles. The van der Waals surface area contributed by atoms with Gasteiger partial charge in [0.1, 0.15) is 0 Å². The molecule has 0 spiro atoms. The zero-order valence-corrected chi connectivity index (χ0v) is 14.9. The van der Waals surface area contributed by atoms with Crippen molar-refractivity contribution in [3.8, 4) is 0 Å². The Morgan fingerprint density at radius 1 is 0.792 bits per heavy atom. The second-order valence-electron chi connectivity index (χ2n) is 5.25. The number of ether oxygens (including phenoxy) is 4. The number of rotatable bonds is 10. The maximum Gasteiger partial charge on any atom is 0.351 e. The first-order valence-electron chi connectivity index (χ1n) is 7.93. The third-order valence-electron chi connectivity index (χ3n) is 2.89. The maximum atomic E-state index is 12.4. The fourth-order valence-electron chi connectivity index (χ4n) is 1.78. The normalized spacial score (nSPS) is 10.9. The highest BCUT2D eigenvalue weighted by Crippen LogP contribution is 2.26. The van der Waals surface area contributed by atoms with E-state index in [1.165, 1.54) is 0 Å². The summed E-state index contributed by atoms with van der Waals surface area (Å²) in [6.07, 6.45) is -1.26. The van der Waals surface area contributed by atoms with Crippen molar-refractivity contribution >= 4 is 23.9 Å². The Balaban J connectivity index is 5.69. The van der Waals surface area contributed by atoms with Crippen molar-refractivity contribution in [2.24, 2.45) is 5.92 Å². The molecule has 24 heavy (non-hydrogen) atoms. The second kappa shape index (κ2) is 10.6. The van der Waals surface area contributed by atoms with E-state index in [9.17, 15) is 19.2 Å². The predicted molar refractivity (Wildman–Crippen MR) is 82.8 cm³/mol. The lowest BCUT2D eigenvalue weighted by Gasteiger charge is -2.30. The van der Waals surface area contributed by atoms with Crippen molar-refractivity contribution in [1.29, 1.82) is 0 Å². The van der Waals surface area contributed by atoms with Crippen LogP contribution in [0.2, 0.25) is 0 Å². The third kappa shape index (κ3) is 6.97. The molecule has 138 valence electrons. The molecule has 0 radical (unpaired) electrons. The molecule has 0 N–H and O–H groups in total. The van der Waals surface area contributed by atoms with E-state index < -0.39 is 48.2 Å². The van der Waals surface area contributed by atoms with Crippen LogP contribution in [0.1, 0.15) is 47.5 Å². The van der Waals surface area contributed by atoms with Crippen LogP contribution in [-0.2, 0) is 38.1 Å². The molecule has 0 heterocycles. The summed E-state index contributed by atoms with van der Waals surface area (Å²) in [6.45, 7) is 8.02. The van der Waals surface area contributed by atoms with E-state index >= 15 is 0 Å². The number of hydrogen-bond acceptors (Lipinski definition) is 8. The molecular formula is C16H26O8. The highest BCUT2D eigenvalue weighted by Gasteiger charge is 2.49. The van der Waals surface area contributed by atoms with Crippen molar-refractivity contribution in [2.45, 2.75) is 53.1 Å². The van der Waals surface area contributed by atoms with Gasteiger partial charge in [-0.15, -0.1) is 0 Å². The molecule has 0 saturated heterocycles. The average molecular weight is 346 g/mol. The van der Waals surface area contributed by atoms with Crippen molar-refractivity contribution in [3.05, 3.63) is 0 Å². The van der Waals surface area contributed by atoms with Crippen LogP contribution in [0.4, 0.5) is 0 Å². The number of esters is 4. The van der Waals surface area contributed by atoms with Gasteiger partial charge in [0.25, 0.3) is 0 Å². The van der Waals surface area contributed by atoms with Crippen LogP contribution in [0.25, 0.3) is 0 Å². The molecule has 0 aromatic carbocycles. The van der Waals surface area contributed by atoms with Gasteiger partial charge in [-0.1, -0.05) is 13.8 Å². The first-order valence-corrected chi connectivity index (χ1v) is 7.93. The van der Waals surface area contributed by atoms with Gasteiger partial charge in [0.15, 0.2) is 0 Å². The lowest BCUT2D eigenvalue weighted by atomic mass is 9.94. The fraction of sp³-hybridized carbons (Fsp3) is 0.750. The Kier molecular flexibility index (Phi) is 9.68. The maximum absolute atomic E-state index is 12.4. The molecule has 0 aliphatic rings. The fourth-order valence-corrected chi connectivity index (χ4v) is 1.78. The molecule has 0 aliphatic carbocycles. The smallest absolute Gasteiger partial charge is 0.351 e. The summed E-state index contributed by atoms with van der Waals surface area (Å²) in [4.78, 5) is 48.2. The Morgan fingerprint density at radius 3 is 1.54 bits per heavy atom. The molecule has 0 saturated carbocycles. The molecule has 0 amide bonds. The summed E-state index contributed by atoms with van der Waals surface area (Å²) in [5, 5.41) is 0. The lowest BCUT2D eigenvalue weighted by Crippen LogP contribution is -2.49. The zero-order chi connectivity index (χ0) is 18.8. The van der Waals surface area contributed by atoms with Crippen molar-refractivity contribution in [2.75, 3.05) is 19.8 Å². The summed E-state index contributed by atoms with van der Waals surface area (Å²) < 4.78 is 19.8. The minimum atomic E-state index is -2.10. The number of carbonyl (C=O) groups is 4. The first kappa shape index (κ1) is 21.9. The highest BCUT2D eigenvalue weighted by molar-refractivity contribution is 5.92. The molecule has 8 nitrogen and oxygen atoms in total. The monoisotopic (exact) mass is 346 g/mol. The van der Waals surface area contributed by atoms with Gasteiger partial charge >= 0.3 is 23.9 Å². The van der Waals surface area contributed by atoms with Gasteiger partial charge in [0.05, 0.1) is 38.6 Å². The van der Waals surface area contributed by atoms with E-state index in [4.69, 9.17) is 18.9 Å². The van der Waals surface area contributed by atoms with Crippen molar-refractivity contribution in [1.82, 2.24) is 0 Å². The zero-order valence-electron chi connectivity index (χ0n) is 14.9. The van der Waals surface area contributed by atoms with E-state index in [0.717, 1.165) is 0 Å². The Bertz CT molecular complexity index is 435. The van der Waals surface area contributed by atoms with Crippen LogP contribution in [-0.4, -0.2) is 49.3 Å². The average Bonchev–Trinajstić information content (AvgIpc) is 2.47. The van der Waals surface area contributed by atoms with Gasteiger partial charge in [-0.25, -0.2) is 4.79 Å². The number of carbonyl (C=O) groups excluding carboxylic acids is 4. The SMILES string of the molecule is CCOC(=O)CC(CC(=O)OCC)(OC(=O)C(C)C)C(=O)OCC. The van der Waals surface area contributed by atoms with E-state index in [2.05, 4.69) is 0 Å². The molecule has 0 unspecified atom stereocenters. The molecule has 0 atom stereocenters. The highest BCUT2D eigenvalue weighted by atomic mass is 16.6. The first-order chi connectivity index (χ1) is 11.2. The molecular weight excluding hydrogens is 320 g/mol. The molecule has 8 heteroatoms. The molecule has 0 fully saturated rings. The predicted octanol–water partition coefficient (Wildman–Crippen LogP) is 1.39. The standard InChI is InChI=1S/C16H26O8/c1-6-21-12(17)9-16(15(20)23-8-3,10-13(18)22-7-2)24-14(19)11(4)5/h11H,6-10H2,1-5H3. The largest absolute Gasteiger partial charge is 0.466 e. The topological polar surface area (TPSA) is 105 Å². The van der Waals surface area contributed by atoms with Gasteiger partial charge in [-0.3, -0.25) is 14.4 Å².